The van der Waals surface area contributed by atoms with Gasteiger partial charge < -0.3 is 20.6 Å². The number of nitrogens with one attached hydrogen (secondary N) is 2. The smallest absolute Gasteiger partial charge is 0.257 e. The molecule has 2 aromatic carbocycles. The Labute approximate surface area is 171 Å². The Kier molecular flexibility index (Phi) is 6.75. The number of rotatable bonds is 8. The van der Waals surface area contributed by atoms with E-state index in [0.717, 1.165) is 24.9 Å². The highest BCUT2D eigenvalue weighted by Crippen LogP contribution is 2.28. The van der Waals surface area contributed by atoms with Crippen LogP contribution in [-0.2, 0) is 4.79 Å². The molecule has 0 fully saturated rings. The molecule has 0 saturated heterocycles. The number of amides is 2. The van der Waals surface area contributed by atoms with Crippen molar-refractivity contribution in [2.45, 2.75) is 45.7 Å². The molecular weight excluding hydrogens is 366 g/mol. The van der Waals surface area contributed by atoms with E-state index in [2.05, 4.69) is 24.5 Å². The molecule has 0 radical (unpaired) electrons. The Morgan fingerprint density at radius 3 is 2.59 bits per heavy atom. The predicted octanol–water partition coefficient (Wildman–Crippen LogP) is 4.44. The maximum atomic E-state index is 12.9. The van der Waals surface area contributed by atoms with Crippen molar-refractivity contribution in [1.29, 1.82) is 0 Å². The maximum absolute atomic E-state index is 12.9. The van der Waals surface area contributed by atoms with Crippen LogP contribution in [0.5, 0.6) is 5.75 Å². The molecule has 0 saturated carbocycles. The standard InChI is InChI=1S/C23H29N3O3/c1-16(2)22-25-18-11-6-5-10-17(18)23(29)26(22)15-9-3-4-14-21(28)24-19-12-7-8-13-20(19)27/h5-8,10-13,16,22,25,27H,3-4,9,14-15H2,1-2H3,(H,24,28). The first-order valence-electron chi connectivity index (χ1n) is 10.2. The first-order valence-corrected chi connectivity index (χ1v) is 10.2. The normalized spacial score (nSPS) is 15.8. The lowest BCUT2D eigenvalue weighted by Gasteiger charge is -2.40. The number of phenols is 1. The van der Waals surface area contributed by atoms with Crippen molar-refractivity contribution in [2.75, 3.05) is 17.2 Å². The van der Waals surface area contributed by atoms with Crippen LogP contribution in [0.4, 0.5) is 11.4 Å². The molecule has 1 heterocycles. The van der Waals surface area contributed by atoms with Crippen LogP contribution < -0.4 is 10.6 Å². The predicted molar refractivity (Wildman–Crippen MR) is 115 cm³/mol. The zero-order valence-electron chi connectivity index (χ0n) is 17.0. The molecule has 6 nitrogen and oxygen atoms in total. The first-order chi connectivity index (χ1) is 14.0. The van der Waals surface area contributed by atoms with Gasteiger partial charge in [-0.15, -0.1) is 0 Å². The number of carbonyl (C=O) groups excluding carboxylic acids is 2. The van der Waals surface area contributed by atoms with E-state index in [1.165, 1.54) is 0 Å². The summed E-state index contributed by atoms with van der Waals surface area (Å²) in [6.07, 6.45) is 2.78. The first kappa shape index (κ1) is 20.7. The van der Waals surface area contributed by atoms with Crippen molar-refractivity contribution < 1.29 is 14.7 Å². The fraction of sp³-hybridized carbons (Fsp3) is 0.391. The van der Waals surface area contributed by atoms with Crippen LogP contribution >= 0.6 is 0 Å². The molecule has 0 bridgehead atoms. The lowest BCUT2D eigenvalue weighted by Crippen LogP contribution is -2.51. The summed E-state index contributed by atoms with van der Waals surface area (Å²) in [7, 11) is 0. The van der Waals surface area contributed by atoms with E-state index in [4.69, 9.17) is 0 Å². The van der Waals surface area contributed by atoms with Crippen LogP contribution in [-0.4, -0.2) is 34.5 Å². The molecule has 29 heavy (non-hydrogen) atoms. The topological polar surface area (TPSA) is 81.7 Å². The van der Waals surface area contributed by atoms with Gasteiger partial charge in [0.2, 0.25) is 5.91 Å². The molecule has 3 N–H and O–H groups in total. The molecule has 1 aliphatic rings. The molecule has 2 amide bonds. The van der Waals surface area contributed by atoms with E-state index in [-0.39, 0.29) is 29.6 Å². The highest BCUT2D eigenvalue weighted by molar-refractivity contribution is 6.01. The van der Waals surface area contributed by atoms with E-state index in [9.17, 15) is 14.7 Å². The Morgan fingerprint density at radius 2 is 1.83 bits per heavy atom. The van der Waals surface area contributed by atoms with Crippen molar-refractivity contribution >= 4 is 23.2 Å². The second kappa shape index (κ2) is 9.45. The fourth-order valence-corrected chi connectivity index (χ4v) is 3.62. The number of unbranched alkanes of at least 4 members (excludes halogenated alkanes) is 2. The molecule has 0 spiro atoms. The minimum atomic E-state index is -0.115. The summed E-state index contributed by atoms with van der Waals surface area (Å²) in [5.41, 5.74) is 2.04. The van der Waals surface area contributed by atoms with Crippen molar-refractivity contribution in [3.8, 4) is 5.75 Å². The lowest BCUT2D eigenvalue weighted by molar-refractivity contribution is -0.116. The van der Waals surface area contributed by atoms with Crippen molar-refractivity contribution in [1.82, 2.24) is 4.90 Å². The number of hydrogen-bond acceptors (Lipinski definition) is 4. The summed E-state index contributed by atoms with van der Waals surface area (Å²) in [6, 6.07) is 14.3. The number of anilines is 2. The van der Waals surface area contributed by atoms with E-state index in [0.29, 0.717) is 24.2 Å². The molecule has 1 unspecified atom stereocenters. The lowest BCUT2D eigenvalue weighted by atomic mass is 10.0. The van der Waals surface area contributed by atoms with E-state index < -0.39 is 0 Å². The van der Waals surface area contributed by atoms with Gasteiger partial charge in [0.05, 0.1) is 11.3 Å². The summed E-state index contributed by atoms with van der Waals surface area (Å²) in [5.74, 6) is 0.306. The molecule has 3 rings (SSSR count). The van der Waals surface area contributed by atoms with Crippen molar-refractivity contribution in [3.63, 3.8) is 0 Å². The quantitative estimate of drug-likeness (QED) is 0.456. The Bertz CT molecular complexity index is 866. The minimum Gasteiger partial charge on any atom is -0.506 e. The van der Waals surface area contributed by atoms with Gasteiger partial charge in [0.25, 0.3) is 5.91 Å². The third-order valence-corrected chi connectivity index (χ3v) is 5.17. The SMILES string of the molecule is CC(C)C1Nc2ccccc2C(=O)N1CCCCCC(=O)Nc1ccccc1O. The molecule has 154 valence electrons. The van der Waals surface area contributed by atoms with Gasteiger partial charge in [-0.25, -0.2) is 0 Å². The number of aromatic hydroxyl groups is 1. The maximum Gasteiger partial charge on any atom is 0.257 e. The molecular formula is C23H29N3O3. The second-order valence-electron chi connectivity index (χ2n) is 7.75. The van der Waals surface area contributed by atoms with Crippen LogP contribution in [0.25, 0.3) is 0 Å². The van der Waals surface area contributed by atoms with Crippen LogP contribution in [0.2, 0.25) is 0 Å². The Hall–Kier alpha value is -3.02. The molecule has 1 aliphatic heterocycles. The summed E-state index contributed by atoms with van der Waals surface area (Å²) in [5, 5.41) is 15.9. The highest BCUT2D eigenvalue weighted by atomic mass is 16.3. The summed E-state index contributed by atoms with van der Waals surface area (Å²) in [6.45, 7) is 4.87. The monoisotopic (exact) mass is 395 g/mol. The van der Waals surface area contributed by atoms with Gasteiger partial charge in [0.1, 0.15) is 11.9 Å². The fourth-order valence-electron chi connectivity index (χ4n) is 3.62. The Morgan fingerprint density at radius 1 is 1.10 bits per heavy atom. The summed E-state index contributed by atoms with van der Waals surface area (Å²) < 4.78 is 0. The zero-order chi connectivity index (χ0) is 20.8. The van der Waals surface area contributed by atoms with Gasteiger partial charge in [-0.1, -0.05) is 44.5 Å². The highest BCUT2D eigenvalue weighted by Gasteiger charge is 2.32. The van der Waals surface area contributed by atoms with Gasteiger partial charge in [0, 0.05) is 18.7 Å². The number of fused-ring (bicyclic) bond motifs is 1. The largest absolute Gasteiger partial charge is 0.506 e. The third-order valence-electron chi connectivity index (χ3n) is 5.17. The molecule has 0 aliphatic carbocycles. The van der Waals surface area contributed by atoms with Crippen LogP contribution in [0.15, 0.2) is 48.5 Å². The van der Waals surface area contributed by atoms with Crippen molar-refractivity contribution in [3.05, 3.63) is 54.1 Å². The summed E-state index contributed by atoms with van der Waals surface area (Å²) in [4.78, 5) is 26.9. The van der Waals surface area contributed by atoms with Gasteiger partial charge in [0.15, 0.2) is 0 Å². The molecule has 6 heteroatoms. The van der Waals surface area contributed by atoms with Crippen LogP contribution in [0.1, 0.15) is 49.9 Å². The second-order valence-corrected chi connectivity index (χ2v) is 7.75. The Balaban J connectivity index is 1.47. The van der Waals surface area contributed by atoms with Crippen LogP contribution in [0.3, 0.4) is 0 Å². The average Bonchev–Trinajstić information content (AvgIpc) is 2.70. The van der Waals surface area contributed by atoms with Gasteiger partial charge in [-0.05, 0) is 43.0 Å². The summed E-state index contributed by atoms with van der Waals surface area (Å²) >= 11 is 0. The number of para-hydroxylation sites is 3. The number of phenolic OH excluding ortho intramolecular Hbond substituents is 1. The van der Waals surface area contributed by atoms with Crippen molar-refractivity contribution in [2.24, 2.45) is 5.92 Å². The van der Waals surface area contributed by atoms with Crippen LogP contribution in [0, 0.1) is 5.92 Å². The molecule has 2 aromatic rings. The van der Waals surface area contributed by atoms with E-state index in [1.807, 2.05) is 29.2 Å². The van der Waals surface area contributed by atoms with Gasteiger partial charge in [-0.2, -0.15) is 0 Å². The van der Waals surface area contributed by atoms with E-state index in [1.54, 1.807) is 24.3 Å². The third kappa shape index (κ3) is 5.08. The number of hydrogen-bond donors (Lipinski definition) is 3. The number of nitrogens with zero attached hydrogens (tertiary/aromatic N) is 1. The van der Waals surface area contributed by atoms with Gasteiger partial charge >= 0.3 is 0 Å². The van der Waals surface area contributed by atoms with E-state index >= 15 is 0 Å². The minimum absolute atomic E-state index is 0.0262. The van der Waals surface area contributed by atoms with Gasteiger partial charge in [-0.3, -0.25) is 9.59 Å². The average molecular weight is 396 g/mol. The molecule has 1 atom stereocenters. The zero-order valence-corrected chi connectivity index (χ0v) is 17.0. The number of carbonyl (C=O) groups is 2. The number of benzene rings is 2. The molecule has 0 aromatic heterocycles.